The normalized spacial score (nSPS) is 16.2. The standard InChI is InChI=1S/C24H22F3N5O2/c1-13(8-28)10-32(11-17-5-4-16(9-30-17)24(25,26)27)23(33)15-3-6-20-18(7-15)19-12-34-14(2)21(19)22(29)31-20/h3-7,9,13-14H,10-12H2,1-2H3,(H2,29,31)/t13-,14+/m1/s1. The number of benzene rings is 1. The lowest BCUT2D eigenvalue weighted by Gasteiger charge is -2.24. The van der Waals surface area contributed by atoms with Gasteiger partial charge in [-0.15, -0.1) is 0 Å². The minimum absolute atomic E-state index is 0.0424. The third kappa shape index (κ3) is 4.52. The number of nitriles is 1. The van der Waals surface area contributed by atoms with Gasteiger partial charge in [0.05, 0.1) is 48.0 Å². The fraction of sp³-hybridized carbons (Fsp3) is 0.333. The third-order valence-corrected chi connectivity index (χ3v) is 5.80. The SMILES string of the molecule is C[C@H](C#N)CN(Cc1ccc(C(F)(F)F)cn1)C(=O)c1ccc2nc(N)c3c(c2c1)CO[C@H]3C. The first-order chi connectivity index (χ1) is 16.1. The first-order valence-electron chi connectivity index (χ1n) is 10.6. The van der Waals surface area contributed by atoms with Gasteiger partial charge in [-0.05, 0) is 49.7 Å². The number of amides is 1. The zero-order valence-electron chi connectivity index (χ0n) is 18.6. The number of hydrogen-bond acceptors (Lipinski definition) is 6. The Kier molecular flexibility index (Phi) is 6.15. The van der Waals surface area contributed by atoms with Crippen LogP contribution >= 0.6 is 0 Å². The van der Waals surface area contributed by atoms with Gasteiger partial charge in [-0.25, -0.2) is 4.98 Å². The molecule has 7 nitrogen and oxygen atoms in total. The smallest absolute Gasteiger partial charge is 0.383 e. The minimum Gasteiger partial charge on any atom is -0.383 e. The maximum atomic E-state index is 13.4. The number of pyridine rings is 2. The Morgan fingerprint density at radius 1 is 1.35 bits per heavy atom. The molecule has 0 spiro atoms. The van der Waals surface area contributed by atoms with Crippen LogP contribution in [0.3, 0.4) is 0 Å². The fourth-order valence-corrected chi connectivity index (χ4v) is 4.05. The van der Waals surface area contributed by atoms with E-state index in [0.717, 1.165) is 28.8 Å². The van der Waals surface area contributed by atoms with Gasteiger partial charge in [0.15, 0.2) is 0 Å². The van der Waals surface area contributed by atoms with Crippen LogP contribution in [-0.2, 0) is 24.1 Å². The number of fused-ring (bicyclic) bond motifs is 3. The summed E-state index contributed by atoms with van der Waals surface area (Å²) in [6.07, 6.45) is -3.97. The molecule has 34 heavy (non-hydrogen) atoms. The monoisotopic (exact) mass is 469 g/mol. The number of anilines is 1. The van der Waals surface area contributed by atoms with Gasteiger partial charge in [0.25, 0.3) is 5.91 Å². The second kappa shape index (κ2) is 8.91. The molecule has 1 amide bonds. The molecule has 1 aliphatic heterocycles. The van der Waals surface area contributed by atoms with Gasteiger partial charge in [-0.3, -0.25) is 9.78 Å². The van der Waals surface area contributed by atoms with E-state index in [-0.39, 0.29) is 30.8 Å². The third-order valence-electron chi connectivity index (χ3n) is 5.80. The van der Waals surface area contributed by atoms with Crippen molar-refractivity contribution in [2.24, 2.45) is 5.92 Å². The highest BCUT2D eigenvalue weighted by atomic mass is 19.4. The lowest BCUT2D eigenvalue weighted by molar-refractivity contribution is -0.137. The number of hydrogen-bond donors (Lipinski definition) is 1. The minimum atomic E-state index is -4.50. The number of nitrogen functional groups attached to an aromatic ring is 1. The van der Waals surface area contributed by atoms with Crippen molar-refractivity contribution in [1.29, 1.82) is 5.26 Å². The van der Waals surface area contributed by atoms with Gasteiger partial charge < -0.3 is 15.4 Å². The molecule has 0 radical (unpaired) electrons. The number of ether oxygens (including phenoxy) is 1. The number of halogens is 3. The number of nitrogens with zero attached hydrogens (tertiary/aromatic N) is 4. The number of alkyl halides is 3. The molecule has 1 aliphatic rings. The van der Waals surface area contributed by atoms with Crippen LogP contribution in [0.1, 0.15) is 52.7 Å². The predicted octanol–water partition coefficient (Wildman–Crippen LogP) is 4.62. The van der Waals surface area contributed by atoms with E-state index in [0.29, 0.717) is 23.5 Å². The topological polar surface area (TPSA) is 105 Å². The van der Waals surface area contributed by atoms with Gasteiger partial charge in [0.2, 0.25) is 0 Å². The Hall–Kier alpha value is -3.71. The molecule has 1 aromatic carbocycles. The van der Waals surface area contributed by atoms with Gasteiger partial charge in [-0.2, -0.15) is 18.4 Å². The molecular formula is C24H22F3N5O2. The van der Waals surface area contributed by atoms with Crippen molar-refractivity contribution >= 4 is 22.6 Å². The lowest BCUT2D eigenvalue weighted by Crippen LogP contribution is -2.34. The molecule has 4 rings (SSSR count). The Bertz CT molecular complexity index is 1280. The van der Waals surface area contributed by atoms with Crippen LogP contribution in [0.2, 0.25) is 0 Å². The van der Waals surface area contributed by atoms with Crippen molar-refractivity contribution in [2.45, 2.75) is 39.3 Å². The van der Waals surface area contributed by atoms with E-state index in [4.69, 9.17) is 10.5 Å². The molecule has 2 aromatic heterocycles. The molecule has 2 atom stereocenters. The van der Waals surface area contributed by atoms with Crippen LogP contribution in [-0.4, -0.2) is 27.3 Å². The van der Waals surface area contributed by atoms with E-state index < -0.39 is 17.7 Å². The van der Waals surface area contributed by atoms with Crippen LogP contribution in [0.15, 0.2) is 36.5 Å². The molecule has 0 saturated carbocycles. The number of carbonyl (C=O) groups is 1. The molecule has 176 valence electrons. The van der Waals surface area contributed by atoms with E-state index in [2.05, 4.69) is 16.0 Å². The Labute approximate surface area is 194 Å². The van der Waals surface area contributed by atoms with Gasteiger partial charge in [-0.1, -0.05) is 0 Å². The highest BCUT2D eigenvalue weighted by Gasteiger charge is 2.31. The summed E-state index contributed by atoms with van der Waals surface area (Å²) < 4.78 is 44.3. The van der Waals surface area contributed by atoms with Crippen molar-refractivity contribution in [3.63, 3.8) is 0 Å². The van der Waals surface area contributed by atoms with Gasteiger partial charge >= 0.3 is 6.18 Å². The van der Waals surface area contributed by atoms with Crippen LogP contribution < -0.4 is 5.73 Å². The summed E-state index contributed by atoms with van der Waals surface area (Å²) in [6, 6.07) is 9.28. The fourth-order valence-electron chi connectivity index (χ4n) is 4.05. The number of nitrogens with two attached hydrogens (primary N) is 1. The quantitative estimate of drug-likeness (QED) is 0.584. The second-order valence-corrected chi connectivity index (χ2v) is 8.33. The van der Waals surface area contributed by atoms with Crippen molar-refractivity contribution in [3.8, 4) is 6.07 Å². The summed E-state index contributed by atoms with van der Waals surface area (Å²) in [5, 5.41) is 10.0. The zero-order valence-corrected chi connectivity index (χ0v) is 18.6. The molecular weight excluding hydrogens is 447 g/mol. The van der Waals surface area contributed by atoms with Crippen LogP contribution in [0, 0.1) is 17.2 Å². The van der Waals surface area contributed by atoms with Crippen molar-refractivity contribution in [3.05, 3.63) is 64.5 Å². The lowest BCUT2D eigenvalue weighted by atomic mass is 10.00. The maximum absolute atomic E-state index is 13.4. The maximum Gasteiger partial charge on any atom is 0.417 e. The average molecular weight is 469 g/mol. The van der Waals surface area contributed by atoms with E-state index in [1.54, 1.807) is 25.1 Å². The number of carbonyl (C=O) groups excluding carboxylic acids is 1. The summed E-state index contributed by atoms with van der Waals surface area (Å²) >= 11 is 0. The van der Waals surface area contributed by atoms with Crippen LogP contribution in [0.25, 0.3) is 10.9 Å². The van der Waals surface area contributed by atoms with Gasteiger partial charge in [0, 0.05) is 29.3 Å². The highest BCUT2D eigenvalue weighted by molar-refractivity contribution is 5.99. The summed E-state index contributed by atoms with van der Waals surface area (Å²) in [7, 11) is 0. The van der Waals surface area contributed by atoms with E-state index >= 15 is 0 Å². The van der Waals surface area contributed by atoms with Crippen molar-refractivity contribution in [2.75, 3.05) is 12.3 Å². The first kappa shape index (κ1) is 23.4. The largest absolute Gasteiger partial charge is 0.417 e. The molecule has 3 aromatic rings. The van der Waals surface area contributed by atoms with Crippen LogP contribution in [0.4, 0.5) is 19.0 Å². The molecule has 10 heteroatoms. The zero-order chi connectivity index (χ0) is 24.6. The summed E-state index contributed by atoms with van der Waals surface area (Å²) in [5.41, 5.74) is 8.18. The Morgan fingerprint density at radius 3 is 2.76 bits per heavy atom. The molecule has 2 N–H and O–H groups in total. The molecule has 3 heterocycles. The van der Waals surface area contributed by atoms with E-state index in [9.17, 15) is 23.2 Å². The Morgan fingerprint density at radius 2 is 2.12 bits per heavy atom. The summed E-state index contributed by atoms with van der Waals surface area (Å²) in [6.45, 7) is 3.95. The first-order valence-corrected chi connectivity index (χ1v) is 10.6. The highest BCUT2D eigenvalue weighted by Crippen LogP contribution is 2.38. The van der Waals surface area contributed by atoms with E-state index in [1.165, 1.54) is 11.0 Å². The average Bonchev–Trinajstić information content (AvgIpc) is 3.20. The molecule has 0 saturated heterocycles. The van der Waals surface area contributed by atoms with Gasteiger partial charge in [0.1, 0.15) is 5.82 Å². The predicted molar refractivity (Wildman–Crippen MR) is 118 cm³/mol. The summed E-state index contributed by atoms with van der Waals surface area (Å²) in [5.74, 6) is -0.466. The molecule has 0 bridgehead atoms. The number of aromatic nitrogens is 2. The Balaban J connectivity index is 1.67. The second-order valence-electron chi connectivity index (χ2n) is 8.33. The van der Waals surface area contributed by atoms with Crippen LogP contribution in [0.5, 0.6) is 0 Å². The van der Waals surface area contributed by atoms with E-state index in [1.807, 2.05) is 6.92 Å². The summed E-state index contributed by atoms with van der Waals surface area (Å²) in [4.78, 5) is 23.1. The molecule has 0 aliphatic carbocycles. The number of rotatable bonds is 5. The molecule has 0 fully saturated rings. The molecule has 0 unspecified atom stereocenters. The van der Waals surface area contributed by atoms with Crippen molar-refractivity contribution < 1.29 is 22.7 Å². The van der Waals surface area contributed by atoms with Crippen molar-refractivity contribution in [1.82, 2.24) is 14.9 Å².